The molecule has 0 saturated heterocycles. The highest BCUT2D eigenvalue weighted by Crippen LogP contribution is 2.20. The van der Waals surface area contributed by atoms with Gasteiger partial charge in [-0.05, 0) is 35.7 Å². The lowest BCUT2D eigenvalue weighted by atomic mass is 10.0. The summed E-state index contributed by atoms with van der Waals surface area (Å²) >= 11 is 0. The molecule has 0 bridgehead atoms. The van der Waals surface area contributed by atoms with Gasteiger partial charge in [-0.2, -0.15) is 0 Å². The molecule has 2 nitrogen and oxygen atoms in total. The molecule has 0 fully saturated rings. The summed E-state index contributed by atoms with van der Waals surface area (Å²) in [6.45, 7) is 4.63. The van der Waals surface area contributed by atoms with E-state index in [1.54, 1.807) is 6.07 Å². The molecule has 94 valence electrons. The van der Waals surface area contributed by atoms with Gasteiger partial charge in [0.15, 0.2) is 0 Å². The lowest BCUT2D eigenvalue weighted by Gasteiger charge is -2.09. The van der Waals surface area contributed by atoms with Crippen LogP contribution < -0.4 is 4.74 Å². The lowest BCUT2D eigenvalue weighted by Crippen LogP contribution is -1.99. The maximum absolute atomic E-state index is 12.7. The van der Waals surface area contributed by atoms with Crippen molar-refractivity contribution in [2.45, 2.75) is 26.4 Å². The summed E-state index contributed by atoms with van der Waals surface area (Å²) in [7, 11) is 0. The SMILES string of the molecule is CC(C)c1cccc(OCc2ccc(F)cn2)c1. The minimum atomic E-state index is -0.333. The lowest BCUT2D eigenvalue weighted by molar-refractivity contribution is 0.300. The first-order chi connectivity index (χ1) is 8.65. The van der Waals surface area contributed by atoms with Crippen LogP contribution in [-0.2, 0) is 6.61 Å². The monoisotopic (exact) mass is 245 g/mol. The van der Waals surface area contributed by atoms with Crippen molar-refractivity contribution in [3.8, 4) is 5.75 Å². The van der Waals surface area contributed by atoms with Gasteiger partial charge >= 0.3 is 0 Å². The Morgan fingerprint density at radius 2 is 2.06 bits per heavy atom. The van der Waals surface area contributed by atoms with Gasteiger partial charge in [-0.25, -0.2) is 4.39 Å². The minimum Gasteiger partial charge on any atom is -0.487 e. The number of benzene rings is 1. The molecule has 0 N–H and O–H groups in total. The molecule has 0 unspecified atom stereocenters. The Kier molecular flexibility index (Phi) is 3.92. The molecule has 1 aromatic heterocycles. The number of nitrogens with zero attached hydrogens (tertiary/aromatic N) is 1. The number of pyridine rings is 1. The van der Waals surface area contributed by atoms with Crippen molar-refractivity contribution >= 4 is 0 Å². The summed E-state index contributed by atoms with van der Waals surface area (Å²) in [5.74, 6) is 0.949. The van der Waals surface area contributed by atoms with Gasteiger partial charge in [0.25, 0.3) is 0 Å². The minimum absolute atomic E-state index is 0.333. The number of halogens is 1. The van der Waals surface area contributed by atoms with Crippen LogP contribution in [-0.4, -0.2) is 4.98 Å². The molecule has 0 spiro atoms. The highest BCUT2D eigenvalue weighted by Gasteiger charge is 2.02. The molecule has 0 aliphatic heterocycles. The fourth-order valence-corrected chi connectivity index (χ4v) is 1.61. The first kappa shape index (κ1) is 12.6. The Bertz CT molecular complexity index is 508. The summed E-state index contributed by atoms with van der Waals surface area (Å²) in [5, 5.41) is 0. The van der Waals surface area contributed by atoms with Crippen LogP contribution in [0.2, 0.25) is 0 Å². The van der Waals surface area contributed by atoms with Crippen molar-refractivity contribution in [3.05, 3.63) is 59.7 Å². The average molecular weight is 245 g/mol. The van der Waals surface area contributed by atoms with E-state index in [1.807, 2.05) is 18.2 Å². The zero-order valence-electron chi connectivity index (χ0n) is 10.6. The zero-order chi connectivity index (χ0) is 13.0. The molecule has 1 aromatic carbocycles. The van der Waals surface area contributed by atoms with Crippen LogP contribution >= 0.6 is 0 Å². The van der Waals surface area contributed by atoms with Gasteiger partial charge in [0.1, 0.15) is 18.2 Å². The van der Waals surface area contributed by atoms with Crippen LogP contribution in [0.25, 0.3) is 0 Å². The number of hydrogen-bond donors (Lipinski definition) is 0. The van der Waals surface area contributed by atoms with Gasteiger partial charge in [0.2, 0.25) is 0 Å². The average Bonchev–Trinajstić information content (AvgIpc) is 2.38. The van der Waals surface area contributed by atoms with Crippen molar-refractivity contribution in [2.24, 2.45) is 0 Å². The third-order valence-electron chi connectivity index (χ3n) is 2.70. The predicted octanol–water partition coefficient (Wildman–Crippen LogP) is 3.92. The number of ether oxygens (including phenoxy) is 1. The van der Waals surface area contributed by atoms with Crippen molar-refractivity contribution in [3.63, 3.8) is 0 Å². The molecule has 0 aliphatic carbocycles. The smallest absolute Gasteiger partial charge is 0.141 e. The van der Waals surface area contributed by atoms with Gasteiger partial charge in [0.05, 0.1) is 11.9 Å². The standard InChI is InChI=1S/C15H16FNO/c1-11(2)12-4-3-5-15(8-12)18-10-14-7-6-13(16)9-17-14/h3-9,11H,10H2,1-2H3. The van der Waals surface area contributed by atoms with E-state index in [9.17, 15) is 4.39 Å². The molecule has 0 atom stereocenters. The summed E-state index contributed by atoms with van der Waals surface area (Å²) in [6, 6.07) is 11.0. The maximum atomic E-state index is 12.7. The second-order valence-corrected chi connectivity index (χ2v) is 4.48. The first-order valence-corrected chi connectivity index (χ1v) is 5.98. The van der Waals surface area contributed by atoms with Crippen LogP contribution in [0.3, 0.4) is 0 Å². The molecular formula is C15H16FNO. The van der Waals surface area contributed by atoms with E-state index in [0.717, 1.165) is 5.75 Å². The molecule has 2 aromatic rings. The van der Waals surface area contributed by atoms with Gasteiger partial charge < -0.3 is 4.74 Å². The van der Waals surface area contributed by atoms with Gasteiger partial charge in [-0.15, -0.1) is 0 Å². The van der Waals surface area contributed by atoms with Crippen LogP contribution in [0.5, 0.6) is 5.75 Å². The van der Waals surface area contributed by atoms with Crippen LogP contribution in [0.15, 0.2) is 42.6 Å². The second-order valence-electron chi connectivity index (χ2n) is 4.48. The fraction of sp³-hybridized carbons (Fsp3) is 0.267. The molecule has 3 heteroatoms. The van der Waals surface area contributed by atoms with Crippen molar-refractivity contribution in [1.29, 1.82) is 0 Å². The molecule has 1 heterocycles. The largest absolute Gasteiger partial charge is 0.487 e. The molecule has 0 saturated carbocycles. The maximum Gasteiger partial charge on any atom is 0.141 e. The molecule has 0 radical (unpaired) electrons. The molecule has 0 aliphatic rings. The highest BCUT2D eigenvalue weighted by molar-refractivity contribution is 5.30. The Morgan fingerprint density at radius 3 is 2.72 bits per heavy atom. The molecular weight excluding hydrogens is 229 g/mol. The van der Waals surface area contributed by atoms with Gasteiger partial charge in [0, 0.05) is 0 Å². The zero-order valence-corrected chi connectivity index (χ0v) is 10.6. The van der Waals surface area contributed by atoms with E-state index in [0.29, 0.717) is 18.2 Å². The molecule has 18 heavy (non-hydrogen) atoms. The quantitative estimate of drug-likeness (QED) is 0.814. The normalized spacial score (nSPS) is 10.7. The van der Waals surface area contributed by atoms with E-state index < -0.39 is 0 Å². The summed E-state index contributed by atoms with van der Waals surface area (Å²) in [4.78, 5) is 3.95. The molecule has 2 rings (SSSR count). The van der Waals surface area contributed by atoms with Crippen LogP contribution in [0, 0.1) is 5.82 Å². The topological polar surface area (TPSA) is 22.1 Å². The van der Waals surface area contributed by atoms with Crippen molar-refractivity contribution in [1.82, 2.24) is 4.98 Å². The Hall–Kier alpha value is -1.90. The van der Waals surface area contributed by atoms with Gasteiger partial charge in [-0.1, -0.05) is 26.0 Å². The van der Waals surface area contributed by atoms with Gasteiger partial charge in [-0.3, -0.25) is 4.98 Å². The van der Waals surface area contributed by atoms with Crippen molar-refractivity contribution < 1.29 is 9.13 Å². The van der Waals surface area contributed by atoms with Crippen molar-refractivity contribution in [2.75, 3.05) is 0 Å². The Balaban J connectivity index is 2.01. The van der Waals surface area contributed by atoms with E-state index >= 15 is 0 Å². The summed E-state index contributed by atoms with van der Waals surface area (Å²) in [5.41, 5.74) is 1.95. The predicted molar refractivity (Wildman–Crippen MR) is 69.1 cm³/mol. The van der Waals surface area contributed by atoms with Crippen LogP contribution in [0.1, 0.15) is 31.0 Å². The van der Waals surface area contributed by atoms with E-state index in [4.69, 9.17) is 4.74 Å². The number of aromatic nitrogens is 1. The highest BCUT2D eigenvalue weighted by atomic mass is 19.1. The number of rotatable bonds is 4. The summed E-state index contributed by atoms with van der Waals surface area (Å²) in [6.07, 6.45) is 1.20. The third-order valence-corrected chi connectivity index (χ3v) is 2.70. The Labute approximate surface area is 106 Å². The molecule has 0 amide bonds. The third kappa shape index (κ3) is 3.29. The fourth-order valence-electron chi connectivity index (χ4n) is 1.61. The van der Waals surface area contributed by atoms with E-state index in [2.05, 4.69) is 24.9 Å². The first-order valence-electron chi connectivity index (χ1n) is 5.98. The number of hydrogen-bond acceptors (Lipinski definition) is 2. The summed E-state index contributed by atoms with van der Waals surface area (Å²) < 4.78 is 18.3. The second kappa shape index (κ2) is 5.63. The van der Waals surface area contributed by atoms with E-state index in [1.165, 1.54) is 17.8 Å². The Morgan fingerprint density at radius 1 is 1.22 bits per heavy atom. The van der Waals surface area contributed by atoms with Crippen LogP contribution in [0.4, 0.5) is 4.39 Å². The van der Waals surface area contributed by atoms with E-state index in [-0.39, 0.29) is 5.82 Å².